The van der Waals surface area contributed by atoms with Gasteiger partial charge in [-0.2, -0.15) is 0 Å². The standard InChI is InChI=1S/C14H25N3O3/c1-3-11(2)15-6-8-16(9-7-15)14(20)17(10-13(18)19)12-4-5-12/h11-12H,3-10H2,1-2H3,(H,18,19). The van der Waals surface area contributed by atoms with Gasteiger partial charge in [-0.1, -0.05) is 6.92 Å². The van der Waals surface area contributed by atoms with Gasteiger partial charge in [0.05, 0.1) is 0 Å². The molecular formula is C14H25N3O3. The number of carboxylic acid groups (broad SMARTS) is 1. The molecule has 2 fully saturated rings. The first-order chi connectivity index (χ1) is 9.52. The molecule has 1 unspecified atom stereocenters. The van der Waals surface area contributed by atoms with E-state index < -0.39 is 5.97 Å². The number of hydrogen-bond acceptors (Lipinski definition) is 3. The predicted octanol–water partition coefficient (Wildman–Crippen LogP) is 1.07. The molecule has 0 aromatic carbocycles. The highest BCUT2D eigenvalue weighted by atomic mass is 16.4. The monoisotopic (exact) mass is 283 g/mol. The van der Waals surface area contributed by atoms with Gasteiger partial charge < -0.3 is 14.9 Å². The Morgan fingerprint density at radius 3 is 2.30 bits per heavy atom. The number of aliphatic carboxylic acids is 1. The van der Waals surface area contributed by atoms with Crippen molar-refractivity contribution in [3.8, 4) is 0 Å². The highest BCUT2D eigenvalue weighted by molar-refractivity contribution is 5.80. The third-order valence-corrected chi connectivity index (χ3v) is 4.34. The Morgan fingerprint density at radius 2 is 1.85 bits per heavy atom. The fraction of sp³-hybridized carbons (Fsp3) is 0.857. The van der Waals surface area contributed by atoms with Gasteiger partial charge in [0.25, 0.3) is 0 Å². The van der Waals surface area contributed by atoms with E-state index in [0.717, 1.165) is 32.4 Å². The lowest BCUT2D eigenvalue weighted by atomic mass is 10.2. The fourth-order valence-corrected chi connectivity index (χ4v) is 2.68. The summed E-state index contributed by atoms with van der Waals surface area (Å²) in [6.07, 6.45) is 2.98. The van der Waals surface area contributed by atoms with Gasteiger partial charge in [-0.15, -0.1) is 0 Å². The Bertz CT molecular complexity index is 363. The van der Waals surface area contributed by atoms with E-state index in [1.54, 1.807) is 4.90 Å². The van der Waals surface area contributed by atoms with E-state index in [2.05, 4.69) is 18.7 Å². The van der Waals surface area contributed by atoms with Crippen LogP contribution in [0.1, 0.15) is 33.1 Å². The highest BCUT2D eigenvalue weighted by Gasteiger charge is 2.37. The number of amides is 2. The molecule has 1 atom stereocenters. The van der Waals surface area contributed by atoms with Crippen molar-refractivity contribution in [1.82, 2.24) is 14.7 Å². The molecule has 2 rings (SSSR count). The van der Waals surface area contributed by atoms with Gasteiger partial charge >= 0.3 is 12.0 Å². The minimum Gasteiger partial charge on any atom is -0.480 e. The minimum atomic E-state index is -0.927. The zero-order valence-corrected chi connectivity index (χ0v) is 12.4. The van der Waals surface area contributed by atoms with Crippen LogP contribution >= 0.6 is 0 Å². The normalized spacial score (nSPS) is 21.6. The van der Waals surface area contributed by atoms with E-state index in [1.165, 1.54) is 4.90 Å². The molecule has 6 heteroatoms. The van der Waals surface area contributed by atoms with Crippen molar-refractivity contribution in [1.29, 1.82) is 0 Å². The van der Waals surface area contributed by atoms with Crippen molar-refractivity contribution >= 4 is 12.0 Å². The second-order valence-electron chi connectivity index (χ2n) is 5.82. The maximum absolute atomic E-state index is 12.4. The van der Waals surface area contributed by atoms with Crippen LogP contribution in [0.2, 0.25) is 0 Å². The number of carboxylic acids is 1. The molecule has 1 saturated carbocycles. The summed E-state index contributed by atoms with van der Waals surface area (Å²) in [4.78, 5) is 29.0. The molecule has 1 aliphatic heterocycles. The quantitative estimate of drug-likeness (QED) is 0.820. The summed E-state index contributed by atoms with van der Waals surface area (Å²) in [6, 6.07) is 0.593. The molecule has 0 aromatic heterocycles. The summed E-state index contributed by atoms with van der Waals surface area (Å²) in [5.41, 5.74) is 0. The molecule has 0 spiro atoms. The van der Waals surface area contributed by atoms with Crippen LogP contribution in [0, 0.1) is 0 Å². The van der Waals surface area contributed by atoms with Crippen molar-refractivity contribution in [2.75, 3.05) is 32.7 Å². The van der Waals surface area contributed by atoms with Crippen LogP contribution in [0.25, 0.3) is 0 Å². The number of carbonyl (C=O) groups excluding carboxylic acids is 1. The number of piperazine rings is 1. The Labute approximate surface area is 120 Å². The first kappa shape index (κ1) is 15.1. The van der Waals surface area contributed by atoms with E-state index in [1.807, 2.05) is 0 Å². The average molecular weight is 283 g/mol. The topological polar surface area (TPSA) is 64.1 Å². The molecule has 0 radical (unpaired) electrons. The second kappa shape index (κ2) is 6.43. The molecule has 1 saturated heterocycles. The van der Waals surface area contributed by atoms with Crippen LogP contribution in [0.3, 0.4) is 0 Å². The van der Waals surface area contributed by atoms with E-state index in [9.17, 15) is 9.59 Å². The van der Waals surface area contributed by atoms with Gasteiger partial charge in [0.2, 0.25) is 0 Å². The molecule has 0 bridgehead atoms. The first-order valence-corrected chi connectivity index (χ1v) is 7.54. The third-order valence-electron chi connectivity index (χ3n) is 4.34. The van der Waals surface area contributed by atoms with Gasteiger partial charge in [0.15, 0.2) is 0 Å². The van der Waals surface area contributed by atoms with Gasteiger partial charge in [-0.25, -0.2) is 4.79 Å². The van der Waals surface area contributed by atoms with Crippen molar-refractivity contribution in [2.24, 2.45) is 0 Å². The predicted molar refractivity (Wildman–Crippen MR) is 75.7 cm³/mol. The van der Waals surface area contributed by atoms with Crippen LogP contribution in [0.15, 0.2) is 0 Å². The summed E-state index contributed by atoms with van der Waals surface area (Å²) in [5.74, 6) is -0.927. The van der Waals surface area contributed by atoms with Crippen LogP contribution in [-0.4, -0.2) is 76.6 Å². The maximum atomic E-state index is 12.4. The molecule has 20 heavy (non-hydrogen) atoms. The number of carbonyl (C=O) groups is 2. The number of nitrogens with zero attached hydrogens (tertiary/aromatic N) is 3. The number of urea groups is 1. The second-order valence-corrected chi connectivity index (χ2v) is 5.82. The molecule has 1 N–H and O–H groups in total. The lowest BCUT2D eigenvalue weighted by Gasteiger charge is -2.39. The maximum Gasteiger partial charge on any atom is 0.323 e. The largest absolute Gasteiger partial charge is 0.480 e. The zero-order chi connectivity index (χ0) is 14.7. The number of hydrogen-bond donors (Lipinski definition) is 1. The molecule has 0 aromatic rings. The van der Waals surface area contributed by atoms with E-state index in [4.69, 9.17) is 5.11 Å². The van der Waals surface area contributed by atoms with Crippen LogP contribution in [0.5, 0.6) is 0 Å². The van der Waals surface area contributed by atoms with Gasteiger partial charge in [-0.3, -0.25) is 9.69 Å². The Hall–Kier alpha value is -1.30. The first-order valence-electron chi connectivity index (χ1n) is 7.54. The zero-order valence-electron chi connectivity index (χ0n) is 12.4. The Balaban J connectivity index is 1.88. The summed E-state index contributed by atoms with van der Waals surface area (Å²) in [6.45, 7) is 7.37. The van der Waals surface area contributed by atoms with Crippen LogP contribution in [0.4, 0.5) is 4.79 Å². The molecule has 114 valence electrons. The van der Waals surface area contributed by atoms with E-state index in [-0.39, 0.29) is 18.6 Å². The summed E-state index contributed by atoms with van der Waals surface area (Å²) in [7, 11) is 0. The van der Waals surface area contributed by atoms with Gasteiger partial charge in [-0.05, 0) is 26.2 Å². The molecule has 1 aliphatic carbocycles. The lowest BCUT2D eigenvalue weighted by Crippen LogP contribution is -2.55. The van der Waals surface area contributed by atoms with E-state index >= 15 is 0 Å². The van der Waals surface area contributed by atoms with Crippen molar-refractivity contribution in [2.45, 2.75) is 45.2 Å². The van der Waals surface area contributed by atoms with Crippen molar-refractivity contribution in [3.63, 3.8) is 0 Å². The average Bonchev–Trinajstić information content (AvgIpc) is 3.27. The number of rotatable bonds is 5. The van der Waals surface area contributed by atoms with E-state index in [0.29, 0.717) is 19.1 Å². The molecule has 2 aliphatic rings. The van der Waals surface area contributed by atoms with Crippen LogP contribution < -0.4 is 0 Å². The fourth-order valence-electron chi connectivity index (χ4n) is 2.68. The summed E-state index contributed by atoms with van der Waals surface area (Å²) >= 11 is 0. The lowest BCUT2D eigenvalue weighted by molar-refractivity contribution is -0.137. The Kier molecular flexibility index (Phi) is 4.86. The van der Waals surface area contributed by atoms with Gasteiger partial charge in [0, 0.05) is 38.3 Å². The minimum absolute atomic E-state index is 0.0984. The Morgan fingerprint density at radius 1 is 1.25 bits per heavy atom. The van der Waals surface area contributed by atoms with Crippen molar-refractivity contribution in [3.05, 3.63) is 0 Å². The SMILES string of the molecule is CCC(C)N1CCN(C(=O)N(CC(=O)O)C2CC2)CC1. The van der Waals surface area contributed by atoms with Crippen molar-refractivity contribution < 1.29 is 14.7 Å². The molecule has 1 heterocycles. The molecule has 6 nitrogen and oxygen atoms in total. The van der Waals surface area contributed by atoms with Crippen LogP contribution in [-0.2, 0) is 4.79 Å². The van der Waals surface area contributed by atoms with Gasteiger partial charge in [0.1, 0.15) is 6.54 Å². The highest BCUT2D eigenvalue weighted by Crippen LogP contribution is 2.27. The summed E-state index contributed by atoms with van der Waals surface area (Å²) in [5, 5.41) is 8.93. The molecule has 2 amide bonds. The third kappa shape index (κ3) is 3.62. The molecular weight excluding hydrogens is 258 g/mol. The smallest absolute Gasteiger partial charge is 0.323 e. The summed E-state index contributed by atoms with van der Waals surface area (Å²) < 4.78 is 0.